The Balaban J connectivity index is 1.47. The maximum absolute atomic E-state index is 12.9. The molecule has 10 heteroatoms. The van der Waals surface area contributed by atoms with Crippen molar-refractivity contribution in [2.24, 2.45) is 0 Å². The summed E-state index contributed by atoms with van der Waals surface area (Å²) in [5.74, 6) is -0.330. The molecule has 0 bridgehead atoms. The van der Waals surface area contributed by atoms with E-state index >= 15 is 0 Å². The first kappa shape index (κ1) is 19.9. The van der Waals surface area contributed by atoms with Crippen LogP contribution in [0.15, 0.2) is 53.9 Å². The van der Waals surface area contributed by atoms with Crippen molar-refractivity contribution < 1.29 is 27.5 Å². The Hall–Kier alpha value is -3.40. The lowest BCUT2D eigenvalue weighted by Gasteiger charge is -2.28. The van der Waals surface area contributed by atoms with Gasteiger partial charge in [0.15, 0.2) is 11.7 Å². The first-order valence-corrected chi connectivity index (χ1v) is 9.64. The number of para-hydroxylation sites is 2. The fourth-order valence-electron chi connectivity index (χ4n) is 2.95. The number of rotatable bonds is 4. The molecule has 2 aromatic carbocycles. The minimum atomic E-state index is -4.45. The molecule has 0 atom stereocenters. The van der Waals surface area contributed by atoms with E-state index in [0.29, 0.717) is 22.7 Å². The third-order valence-corrected chi connectivity index (χ3v) is 5.10. The van der Waals surface area contributed by atoms with E-state index in [2.05, 4.69) is 10.3 Å². The standard InChI is InChI=1S/C20H14F3N3O3S/c21-20(22,23)13-5-3-4-12(8-13)14-11-30-19(24-14)25-17(27)9-26-15-6-1-2-7-16(15)29-10-18(26)28/h1-8,11H,9-10H2,(H,24,25,27). The molecule has 0 saturated heterocycles. The highest BCUT2D eigenvalue weighted by molar-refractivity contribution is 7.14. The number of amides is 2. The molecule has 2 heterocycles. The molecule has 3 aromatic rings. The number of thiazole rings is 1. The van der Waals surface area contributed by atoms with E-state index in [1.165, 1.54) is 17.0 Å². The van der Waals surface area contributed by atoms with Crippen molar-refractivity contribution in [3.8, 4) is 17.0 Å². The molecule has 0 saturated carbocycles. The number of hydrogen-bond acceptors (Lipinski definition) is 5. The number of fused-ring (bicyclic) bond motifs is 1. The zero-order chi connectivity index (χ0) is 21.3. The summed E-state index contributed by atoms with van der Waals surface area (Å²) in [4.78, 5) is 30.1. The third-order valence-electron chi connectivity index (χ3n) is 4.35. The van der Waals surface area contributed by atoms with Crippen molar-refractivity contribution in [2.45, 2.75) is 6.18 Å². The van der Waals surface area contributed by atoms with Gasteiger partial charge in [0.1, 0.15) is 12.3 Å². The second-order valence-corrected chi connectivity index (χ2v) is 7.26. The summed E-state index contributed by atoms with van der Waals surface area (Å²) in [5.41, 5.74) is 0.323. The molecule has 4 rings (SSSR count). The van der Waals surface area contributed by atoms with Gasteiger partial charge in [-0.3, -0.25) is 14.5 Å². The smallest absolute Gasteiger partial charge is 0.416 e. The predicted molar refractivity (Wildman–Crippen MR) is 105 cm³/mol. The number of ether oxygens (including phenoxy) is 1. The Kier molecular flexibility index (Phi) is 5.17. The van der Waals surface area contributed by atoms with Gasteiger partial charge in [-0.25, -0.2) is 4.98 Å². The van der Waals surface area contributed by atoms with Gasteiger partial charge in [-0.05, 0) is 24.3 Å². The second-order valence-electron chi connectivity index (χ2n) is 6.40. The number of aromatic nitrogens is 1. The van der Waals surface area contributed by atoms with Gasteiger partial charge in [0.2, 0.25) is 5.91 Å². The topological polar surface area (TPSA) is 71.5 Å². The van der Waals surface area contributed by atoms with Crippen molar-refractivity contribution in [3.05, 3.63) is 59.5 Å². The number of hydrogen-bond donors (Lipinski definition) is 1. The quantitative estimate of drug-likeness (QED) is 0.670. The zero-order valence-electron chi connectivity index (χ0n) is 15.3. The van der Waals surface area contributed by atoms with E-state index in [0.717, 1.165) is 23.5 Å². The predicted octanol–water partition coefficient (Wildman–Crippen LogP) is 4.19. The highest BCUT2D eigenvalue weighted by atomic mass is 32.1. The Morgan fingerprint density at radius 1 is 1.20 bits per heavy atom. The number of halogens is 3. The van der Waals surface area contributed by atoms with Gasteiger partial charge in [-0.15, -0.1) is 11.3 Å². The van der Waals surface area contributed by atoms with Gasteiger partial charge in [-0.1, -0.05) is 24.3 Å². The average Bonchev–Trinajstić information content (AvgIpc) is 3.18. The van der Waals surface area contributed by atoms with Gasteiger partial charge >= 0.3 is 6.18 Å². The molecule has 0 unspecified atom stereocenters. The Morgan fingerprint density at radius 3 is 2.80 bits per heavy atom. The van der Waals surface area contributed by atoms with Crippen LogP contribution >= 0.6 is 11.3 Å². The van der Waals surface area contributed by atoms with Crippen LogP contribution in [0.4, 0.5) is 24.0 Å². The number of alkyl halides is 3. The van der Waals surface area contributed by atoms with Crippen molar-refractivity contribution >= 4 is 34.0 Å². The van der Waals surface area contributed by atoms with Crippen LogP contribution in [0.5, 0.6) is 5.75 Å². The van der Waals surface area contributed by atoms with Crippen molar-refractivity contribution in [1.29, 1.82) is 0 Å². The summed E-state index contributed by atoms with van der Waals surface area (Å²) in [6.07, 6.45) is -4.45. The first-order chi connectivity index (χ1) is 14.3. The lowest BCUT2D eigenvalue weighted by molar-refractivity contribution is -0.137. The SMILES string of the molecule is O=C(CN1C(=O)COc2ccccc21)Nc1nc(-c2cccc(C(F)(F)F)c2)cs1. The zero-order valence-corrected chi connectivity index (χ0v) is 16.1. The lowest BCUT2D eigenvalue weighted by atomic mass is 10.1. The number of nitrogens with zero attached hydrogens (tertiary/aromatic N) is 2. The van der Waals surface area contributed by atoms with Crippen LogP contribution < -0.4 is 15.0 Å². The number of carbonyl (C=O) groups excluding carboxylic acids is 2. The number of nitrogens with one attached hydrogen (secondary N) is 1. The minimum absolute atomic E-state index is 0.165. The monoisotopic (exact) mass is 433 g/mol. The van der Waals surface area contributed by atoms with E-state index in [-0.39, 0.29) is 24.2 Å². The molecule has 0 fully saturated rings. The number of anilines is 2. The maximum atomic E-state index is 12.9. The van der Waals surface area contributed by atoms with Crippen molar-refractivity contribution in [2.75, 3.05) is 23.4 Å². The molecule has 0 spiro atoms. The molecule has 154 valence electrons. The van der Waals surface area contributed by atoms with Gasteiger partial charge in [0.05, 0.1) is 16.9 Å². The largest absolute Gasteiger partial charge is 0.482 e. The van der Waals surface area contributed by atoms with Crippen LogP contribution in [0.25, 0.3) is 11.3 Å². The first-order valence-electron chi connectivity index (χ1n) is 8.76. The van der Waals surface area contributed by atoms with E-state index in [1.807, 2.05) is 0 Å². The van der Waals surface area contributed by atoms with Crippen LogP contribution in [0.3, 0.4) is 0 Å². The summed E-state index contributed by atoms with van der Waals surface area (Å²) >= 11 is 1.08. The minimum Gasteiger partial charge on any atom is -0.482 e. The highest BCUT2D eigenvalue weighted by Crippen LogP contribution is 2.33. The maximum Gasteiger partial charge on any atom is 0.416 e. The lowest BCUT2D eigenvalue weighted by Crippen LogP contribution is -2.43. The summed E-state index contributed by atoms with van der Waals surface area (Å²) in [7, 11) is 0. The van der Waals surface area contributed by atoms with Gasteiger partial charge in [-0.2, -0.15) is 13.2 Å². The van der Waals surface area contributed by atoms with Gasteiger partial charge < -0.3 is 10.1 Å². The summed E-state index contributed by atoms with van der Waals surface area (Å²) in [5, 5.41) is 4.37. The summed E-state index contributed by atoms with van der Waals surface area (Å²) in [6.45, 7) is -0.404. The molecule has 1 N–H and O–H groups in total. The molecule has 0 aliphatic carbocycles. The fourth-order valence-corrected chi connectivity index (χ4v) is 3.68. The number of carbonyl (C=O) groups is 2. The van der Waals surface area contributed by atoms with E-state index in [4.69, 9.17) is 4.74 Å². The fraction of sp³-hybridized carbons (Fsp3) is 0.150. The molecule has 2 amide bonds. The molecule has 6 nitrogen and oxygen atoms in total. The molecule has 1 aliphatic heterocycles. The van der Waals surface area contributed by atoms with E-state index in [9.17, 15) is 22.8 Å². The molecule has 0 radical (unpaired) electrons. The average molecular weight is 433 g/mol. The summed E-state index contributed by atoms with van der Waals surface area (Å²) < 4.78 is 44.1. The second kappa shape index (κ2) is 7.79. The van der Waals surface area contributed by atoms with E-state index in [1.54, 1.807) is 29.6 Å². The molecule has 1 aromatic heterocycles. The van der Waals surface area contributed by atoms with Gasteiger partial charge in [0.25, 0.3) is 5.91 Å². The van der Waals surface area contributed by atoms with Crippen molar-refractivity contribution in [3.63, 3.8) is 0 Å². The van der Waals surface area contributed by atoms with Crippen molar-refractivity contribution in [1.82, 2.24) is 4.98 Å². The van der Waals surface area contributed by atoms with Crippen LogP contribution in [0.1, 0.15) is 5.56 Å². The van der Waals surface area contributed by atoms with Crippen LogP contribution in [0, 0.1) is 0 Å². The molecule has 1 aliphatic rings. The van der Waals surface area contributed by atoms with Crippen LogP contribution in [-0.2, 0) is 15.8 Å². The van der Waals surface area contributed by atoms with E-state index < -0.39 is 17.6 Å². The molecular formula is C20H14F3N3O3S. The highest BCUT2D eigenvalue weighted by Gasteiger charge is 2.31. The van der Waals surface area contributed by atoms with Crippen LogP contribution in [0.2, 0.25) is 0 Å². The number of benzene rings is 2. The Labute approximate surface area is 172 Å². The summed E-state index contributed by atoms with van der Waals surface area (Å²) in [6, 6.07) is 11.7. The Morgan fingerprint density at radius 2 is 2.00 bits per heavy atom. The normalized spacial score (nSPS) is 13.6. The molecular weight excluding hydrogens is 419 g/mol. The molecule has 30 heavy (non-hydrogen) atoms. The van der Waals surface area contributed by atoms with Crippen LogP contribution in [-0.4, -0.2) is 29.9 Å². The Bertz CT molecular complexity index is 1110. The van der Waals surface area contributed by atoms with Gasteiger partial charge in [0, 0.05) is 10.9 Å². The third kappa shape index (κ3) is 4.13.